The lowest BCUT2D eigenvalue weighted by molar-refractivity contribution is 0.290. The number of aromatic nitrogens is 3. The quantitative estimate of drug-likeness (QED) is 0.783. The molecular weight excluding hydrogens is 252 g/mol. The van der Waals surface area contributed by atoms with Crippen LogP contribution in [-0.2, 0) is 13.2 Å². The molecule has 2 aromatic rings. The fourth-order valence-corrected chi connectivity index (χ4v) is 1.79. The lowest BCUT2D eigenvalue weighted by Crippen LogP contribution is -2.16. The Hall–Kier alpha value is -2.01. The second kappa shape index (κ2) is 7.55. The SMILES string of the molecule is CCCNCc1nc(C)ccc1OCc1ncccn1. The van der Waals surface area contributed by atoms with Crippen molar-refractivity contribution >= 4 is 0 Å². The normalized spacial score (nSPS) is 10.5. The molecule has 0 aliphatic heterocycles. The number of ether oxygens (including phenoxy) is 1. The zero-order valence-corrected chi connectivity index (χ0v) is 12.0. The first kappa shape index (κ1) is 14.4. The van der Waals surface area contributed by atoms with E-state index in [1.165, 1.54) is 0 Å². The molecule has 1 N–H and O–H groups in total. The summed E-state index contributed by atoms with van der Waals surface area (Å²) in [6.07, 6.45) is 4.52. The van der Waals surface area contributed by atoms with Crippen molar-refractivity contribution in [3.63, 3.8) is 0 Å². The van der Waals surface area contributed by atoms with E-state index in [2.05, 4.69) is 27.2 Å². The molecule has 2 heterocycles. The van der Waals surface area contributed by atoms with Crippen molar-refractivity contribution in [2.24, 2.45) is 0 Å². The first-order chi connectivity index (χ1) is 9.79. The highest BCUT2D eigenvalue weighted by Gasteiger charge is 2.06. The molecule has 0 unspecified atom stereocenters. The summed E-state index contributed by atoms with van der Waals surface area (Å²) in [6.45, 7) is 6.15. The predicted molar refractivity (Wildman–Crippen MR) is 77.3 cm³/mol. The van der Waals surface area contributed by atoms with Crippen molar-refractivity contribution in [1.82, 2.24) is 20.3 Å². The van der Waals surface area contributed by atoms with E-state index in [0.717, 1.165) is 30.1 Å². The first-order valence-electron chi connectivity index (χ1n) is 6.85. The fraction of sp³-hybridized carbons (Fsp3) is 0.400. The van der Waals surface area contributed by atoms with Crippen molar-refractivity contribution in [2.45, 2.75) is 33.4 Å². The Kier molecular flexibility index (Phi) is 5.43. The van der Waals surface area contributed by atoms with Gasteiger partial charge in [-0.3, -0.25) is 4.98 Å². The third-order valence-electron chi connectivity index (χ3n) is 2.77. The van der Waals surface area contributed by atoms with Crippen molar-refractivity contribution in [3.8, 4) is 5.75 Å². The topological polar surface area (TPSA) is 59.9 Å². The molecule has 0 saturated carbocycles. The van der Waals surface area contributed by atoms with E-state index < -0.39 is 0 Å². The summed E-state index contributed by atoms with van der Waals surface area (Å²) in [6, 6.07) is 5.69. The summed E-state index contributed by atoms with van der Waals surface area (Å²) in [7, 11) is 0. The van der Waals surface area contributed by atoms with Gasteiger partial charge in [-0.2, -0.15) is 0 Å². The van der Waals surface area contributed by atoms with E-state index in [1.807, 2.05) is 19.1 Å². The zero-order chi connectivity index (χ0) is 14.2. The van der Waals surface area contributed by atoms with Gasteiger partial charge in [0.15, 0.2) is 5.82 Å². The Balaban J connectivity index is 2.02. The number of nitrogens with one attached hydrogen (secondary N) is 1. The minimum Gasteiger partial charge on any atom is -0.484 e. The number of pyridine rings is 1. The van der Waals surface area contributed by atoms with Crippen molar-refractivity contribution < 1.29 is 4.74 Å². The van der Waals surface area contributed by atoms with Crippen molar-refractivity contribution in [1.29, 1.82) is 0 Å². The Morgan fingerprint density at radius 2 is 2.00 bits per heavy atom. The molecule has 5 heteroatoms. The summed E-state index contributed by atoms with van der Waals surface area (Å²) >= 11 is 0. The molecule has 20 heavy (non-hydrogen) atoms. The van der Waals surface area contributed by atoms with Gasteiger partial charge in [0.1, 0.15) is 12.4 Å². The van der Waals surface area contributed by atoms with Crippen LogP contribution in [0.4, 0.5) is 0 Å². The number of hydrogen-bond donors (Lipinski definition) is 1. The Labute approximate surface area is 119 Å². The molecule has 0 aliphatic rings. The lowest BCUT2D eigenvalue weighted by atomic mass is 10.2. The average molecular weight is 272 g/mol. The fourth-order valence-electron chi connectivity index (χ4n) is 1.79. The highest BCUT2D eigenvalue weighted by molar-refractivity contribution is 5.29. The van der Waals surface area contributed by atoms with Gasteiger partial charge in [-0.1, -0.05) is 6.92 Å². The Bertz CT molecular complexity index is 531. The molecule has 0 bridgehead atoms. The van der Waals surface area contributed by atoms with Crippen molar-refractivity contribution in [2.75, 3.05) is 6.54 Å². The van der Waals surface area contributed by atoms with E-state index in [-0.39, 0.29) is 0 Å². The summed E-state index contributed by atoms with van der Waals surface area (Å²) in [4.78, 5) is 12.8. The molecule has 2 rings (SSSR count). The van der Waals surface area contributed by atoms with Crippen LogP contribution in [0.25, 0.3) is 0 Å². The number of nitrogens with zero attached hydrogens (tertiary/aromatic N) is 3. The van der Waals surface area contributed by atoms with Crippen LogP contribution in [0.15, 0.2) is 30.6 Å². The van der Waals surface area contributed by atoms with Crippen LogP contribution < -0.4 is 10.1 Å². The maximum absolute atomic E-state index is 5.78. The minimum absolute atomic E-state index is 0.354. The van der Waals surface area contributed by atoms with Gasteiger partial charge in [-0.25, -0.2) is 9.97 Å². The maximum Gasteiger partial charge on any atom is 0.166 e. The van der Waals surface area contributed by atoms with Crippen LogP contribution in [-0.4, -0.2) is 21.5 Å². The third kappa shape index (κ3) is 4.28. The summed E-state index contributed by atoms with van der Waals surface area (Å²) in [5.74, 6) is 1.45. The maximum atomic E-state index is 5.78. The predicted octanol–water partition coefficient (Wildman–Crippen LogP) is 2.26. The smallest absolute Gasteiger partial charge is 0.166 e. The number of hydrogen-bond acceptors (Lipinski definition) is 5. The summed E-state index contributed by atoms with van der Waals surface area (Å²) in [5, 5.41) is 3.34. The van der Waals surface area contributed by atoms with E-state index in [9.17, 15) is 0 Å². The molecule has 2 aromatic heterocycles. The number of aryl methyl sites for hydroxylation is 1. The molecule has 5 nitrogen and oxygen atoms in total. The molecule has 0 amide bonds. The highest BCUT2D eigenvalue weighted by Crippen LogP contribution is 2.17. The van der Waals surface area contributed by atoms with E-state index in [4.69, 9.17) is 4.74 Å². The molecule has 106 valence electrons. The van der Waals surface area contributed by atoms with Gasteiger partial charge in [0, 0.05) is 24.6 Å². The van der Waals surface area contributed by atoms with E-state index in [1.54, 1.807) is 18.5 Å². The molecule has 0 spiro atoms. The second-order valence-electron chi connectivity index (χ2n) is 4.53. The highest BCUT2D eigenvalue weighted by atomic mass is 16.5. The monoisotopic (exact) mass is 272 g/mol. The average Bonchev–Trinajstić information content (AvgIpc) is 2.48. The molecule has 0 atom stereocenters. The minimum atomic E-state index is 0.354. The van der Waals surface area contributed by atoms with Gasteiger partial charge < -0.3 is 10.1 Å². The molecular formula is C15H20N4O. The Morgan fingerprint density at radius 3 is 2.75 bits per heavy atom. The van der Waals surface area contributed by atoms with Crippen LogP contribution in [0, 0.1) is 6.92 Å². The van der Waals surface area contributed by atoms with E-state index >= 15 is 0 Å². The number of rotatable bonds is 7. The zero-order valence-electron chi connectivity index (χ0n) is 12.0. The van der Waals surface area contributed by atoms with Crippen LogP contribution in [0.3, 0.4) is 0 Å². The van der Waals surface area contributed by atoms with Gasteiger partial charge in [-0.05, 0) is 38.1 Å². The molecule has 0 aromatic carbocycles. The van der Waals surface area contributed by atoms with Crippen LogP contribution >= 0.6 is 0 Å². The van der Waals surface area contributed by atoms with Crippen LogP contribution in [0.2, 0.25) is 0 Å². The van der Waals surface area contributed by atoms with Crippen molar-refractivity contribution in [3.05, 3.63) is 47.8 Å². The molecule has 0 fully saturated rings. The summed E-state index contributed by atoms with van der Waals surface area (Å²) in [5.41, 5.74) is 1.91. The van der Waals surface area contributed by atoms with Gasteiger partial charge in [0.05, 0.1) is 5.69 Å². The standard InChI is InChI=1S/C15H20N4O/c1-3-7-16-10-13-14(6-5-12(2)19-13)20-11-15-17-8-4-9-18-15/h4-6,8-9,16H,3,7,10-11H2,1-2H3. The van der Waals surface area contributed by atoms with Gasteiger partial charge in [0.25, 0.3) is 0 Å². The molecule has 0 aliphatic carbocycles. The Morgan fingerprint density at radius 1 is 1.20 bits per heavy atom. The first-order valence-corrected chi connectivity index (χ1v) is 6.85. The third-order valence-corrected chi connectivity index (χ3v) is 2.77. The lowest BCUT2D eigenvalue weighted by Gasteiger charge is -2.11. The van der Waals surface area contributed by atoms with Gasteiger partial charge in [0.2, 0.25) is 0 Å². The largest absolute Gasteiger partial charge is 0.484 e. The molecule has 0 radical (unpaired) electrons. The summed E-state index contributed by atoms with van der Waals surface area (Å²) < 4.78 is 5.78. The van der Waals surface area contributed by atoms with Crippen LogP contribution in [0.5, 0.6) is 5.75 Å². The van der Waals surface area contributed by atoms with Gasteiger partial charge >= 0.3 is 0 Å². The van der Waals surface area contributed by atoms with Crippen LogP contribution in [0.1, 0.15) is 30.6 Å². The van der Waals surface area contributed by atoms with E-state index in [0.29, 0.717) is 19.0 Å². The molecule has 0 saturated heterocycles. The van der Waals surface area contributed by atoms with Gasteiger partial charge in [-0.15, -0.1) is 0 Å². The second-order valence-corrected chi connectivity index (χ2v) is 4.53.